The molecule has 59 nitrogen and oxygen atoms in total. The molecule has 0 radical (unpaired) electrons. The van der Waals surface area contributed by atoms with Crippen LogP contribution in [-0.4, -0.2) is 228 Å². The average molecular weight is 1550 g/mol. The van der Waals surface area contributed by atoms with Gasteiger partial charge in [-0.2, -0.15) is 0 Å². The van der Waals surface area contributed by atoms with Crippen LogP contribution in [0.3, 0.4) is 0 Å². The second-order valence-corrected chi connectivity index (χ2v) is 12.7. The zero-order valence-corrected chi connectivity index (χ0v) is 74.8. The fourth-order valence-electron chi connectivity index (χ4n) is 2.74. The number of phosphoric ester groups is 6. The molecular formula is C6H76Na12O59P6. The van der Waals surface area contributed by atoms with Crippen molar-refractivity contribution in [2.24, 2.45) is 0 Å². The minimum Gasteiger partial charge on any atom is -0.790 e. The van der Waals surface area contributed by atoms with Gasteiger partial charge in [-0.25, -0.2) is 0 Å². The molecule has 1 rings (SSSR count). The van der Waals surface area contributed by atoms with Crippen LogP contribution in [-0.2, 0) is 54.5 Å². The molecule has 0 aromatic rings. The first-order valence-electron chi connectivity index (χ1n) is 7.80. The van der Waals surface area contributed by atoms with E-state index in [0.29, 0.717) is 0 Å². The zero-order chi connectivity index (χ0) is 28.7. The normalized spacial score (nSPS) is 12.7. The van der Waals surface area contributed by atoms with Gasteiger partial charge in [0.2, 0.25) is 0 Å². The van der Waals surface area contributed by atoms with Crippen LogP contribution in [0.15, 0.2) is 0 Å². The smallest absolute Gasteiger partial charge is 0.790 e. The number of hydrogen-bond acceptors (Lipinski definition) is 24. The number of hydrogen-bond donors (Lipinski definition) is 0. The van der Waals surface area contributed by atoms with Gasteiger partial charge in [0.1, 0.15) is 36.6 Å². The van der Waals surface area contributed by atoms with E-state index >= 15 is 0 Å². The molecule has 83 heavy (non-hydrogen) atoms. The zero-order valence-electron chi connectivity index (χ0n) is 45.4. The van der Waals surface area contributed by atoms with Gasteiger partial charge in [-0.1, -0.05) is 0 Å². The fraction of sp³-hybridized carbons (Fsp3) is 1.00. The Labute approximate surface area is 730 Å². The average Bonchev–Trinajstić information content (AvgIpc) is 2.51. The molecule has 0 unspecified atom stereocenters. The summed E-state index contributed by atoms with van der Waals surface area (Å²) in [5, 5.41) is 0. The van der Waals surface area contributed by atoms with E-state index in [0.717, 1.165) is 0 Å². The largest absolute Gasteiger partial charge is 1.00 e. The van der Waals surface area contributed by atoms with E-state index in [1.165, 1.54) is 0 Å². The van der Waals surface area contributed by atoms with Crippen LogP contribution in [0.4, 0.5) is 0 Å². The van der Waals surface area contributed by atoms with Gasteiger partial charge < -0.3 is 305 Å². The number of phosphoric acid groups is 6. The first-order chi connectivity index (χ1) is 15.6. The molecule has 0 spiro atoms. The number of rotatable bonds is 12. The summed E-state index contributed by atoms with van der Waals surface area (Å²) in [6, 6.07) is 0. The van der Waals surface area contributed by atoms with E-state index < -0.39 is 83.6 Å². The molecule has 0 atom stereocenters. The monoisotopic (exact) mass is 1550 g/mol. The molecule has 0 aromatic carbocycles. The van der Waals surface area contributed by atoms with Crippen molar-refractivity contribution in [1.29, 1.82) is 0 Å². The molecule has 1 saturated carbocycles. The Bertz CT molecular complexity index is 881. The molecule has 0 saturated heterocycles. The van der Waals surface area contributed by atoms with E-state index in [4.69, 9.17) is 0 Å². The molecular weight excluding hydrogens is 1480 g/mol. The summed E-state index contributed by atoms with van der Waals surface area (Å²) in [6.45, 7) is 0. The maximum Gasteiger partial charge on any atom is 1.00 e. The first kappa shape index (κ1) is 367. The molecule has 1 fully saturated rings. The predicted octanol–water partition coefficient (Wildman–Crippen LogP) is -75.5. The van der Waals surface area contributed by atoms with Crippen LogP contribution in [0.25, 0.3) is 0 Å². The second-order valence-electron chi connectivity index (χ2n) is 6.10. The second kappa shape index (κ2) is 156. The summed E-state index contributed by atoms with van der Waals surface area (Å²) in [5.41, 5.74) is 0. The quantitative estimate of drug-likeness (QED) is 0.129. The van der Waals surface area contributed by atoms with Crippen molar-refractivity contribution in [1.82, 2.24) is 0 Å². The standard InChI is InChI=1S/C6H18O24P6.12Na.35H2O/c7-31(8,9)25-1-2(26-32(10,11)12)4(28-34(16,17)18)6(30-36(22,23)24)5(29-35(19,20)21)3(1)27-33(13,14)15;;;;;;;;;;;;;;;;;;;;;;;;;;;;;;;;;;;;;;;;;;;;;;;/h1-6H,(H2,7,8,9)(H2,10,11,12)(H2,13,14,15)(H2,16,17,18)(H2,19,20,21)(H2,22,23,24);;;;;;;;;;;;;35*1H2/q;12*+1;;;;;;;;;;;;;;;;;;;;;;;;;;;;;;;;;;;/p-12. The maximum absolute atomic E-state index is 11.1. The van der Waals surface area contributed by atoms with Crippen molar-refractivity contribution in [3.63, 3.8) is 0 Å². The van der Waals surface area contributed by atoms with Crippen molar-refractivity contribution >= 4 is 46.9 Å². The Kier molecular flexibility index (Phi) is 691. The molecule has 0 amide bonds. The summed E-state index contributed by atoms with van der Waals surface area (Å²) in [5.74, 6) is 0. The Morgan fingerprint density at radius 1 is 0.145 bits per heavy atom. The van der Waals surface area contributed by atoms with Crippen molar-refractivity contribution in [3.8, 4) is 0 Å². The van der Waals surface area contributed by atoms with E-state index in [1.807, 2.05) is 0 Å². The van der Waals surface area contributed by atoms with Crippen molar-refractivity contribution in [3.05, 3.63) is 0 Å². The Balaban J connectivity index is -0.00000000613. The summed E-state index contributed by atoms with van der Waals surface area (Å²) >= 11 is 0. The third kappa shape index (κ3) is 182. The first-order valence-corrected chi connectivity index (χ1v) is 16.6. The van der Waals surface area contributed by atoms with Gasteiger partial charge in [-0.3, -0.25) is 0 Å². The van der Waals surface area contributed by atoms with Crippen molar-refractivity contribution in [2.45, 2.75) is 36.6 Å². The topological polar surface area (TPSA) is 1540 Å². The Morgan fingerprint density at radius 2 is 0.181 bits per heavy atom. The molecule has 77 heteroatoms. The van der Waals surface area contributed by atoms with E-state index in [1.54, 1.807) is 0 Å². The molecule has 0 bridgehead atoms. The molecule has 0 aliphatic heterocycles. The SMILES string of the molecule is O.O.O.O.O.O.O.O.O.O.O.O.O.O.O.O.O.O.O.O.O.O.O.O.O.O.O.O.O.O.O.O.O.O.O.O=P([O-])([O-])OC1C(OP(=O)([O-])[O-])C(OP(=O)([O-])[O-])C(OP(=O)([O-])[O-])C(OP(=O)([O-])[O-])C1OP(=O)([O-])[O-].[Na+].[Na+].[Na+].[Na+].[Na+].[Na+].[Na+].[Na+].[Na+].[Na+].[Na+].[Na+]. The van der Waals surface area contributed by atoms with Crippen LogP contribution < -0.4 is 413 Å². The van der Waals surface area contributed by atoms with Gasteiger partial charge >= 0.3 is 355 Å². The van der Waals surface area contributed by atoms with Crippen LogP contribution in [0.1, 0.15) is 0 Å². The van der Waals surface area contributed by atoms with E-state index in [-0.39, 0.29) is 546 Å². The molecule has 0 heterocycles. The Hall–Kier alpha value is 11.3. The maximum atomic E-state index is 11.1. The van der Waals surface area contributed by atoms with Crippen molar-refractivity contribution in [2.75, 3.05) is 0 Å². The fourth-order valence-corrected chi connectivity index (χ4v) is 5.96. The molecule has 70 N–H and O–H groups in total. The summed E-state index contributed by atoms with van der Waals surface area (Å²) < 4.78 is 88.3. The van der Waals surface area contributed by atoms with Crippen LogP contribution >= 0.6 is 46.9 Å². The van der Waals surface area contributed by atoms with Crippen LogP contribution in [0.2, 0.25) is 0 Å². The third-order valence-corrected chi connectivity index (χ3v) is 6.46. The Morgan fingerprint density at radius 3 is 0.205 bits per heavy atom. The molecule has 0 aromatic heterocycles. The molecule has 1 aliphatic rings. The summed E-state index contributed by atoms with van der Waals surface area (Å²) in [7, 11) is -40.1. The predicted molar refractivity (Wildman–Crippen MR) is 201 cm³/mol. The van der Waals surface area contributed by atoms with Gasteiger partial charge in [0.05, 0.1) is 46.9 Å². The van der Waals surface area contributed by atoms with Gasteiger partial charge in [0.15, 0.2) is 0 Å². The van der Waals surface area contributed by atoms with Gasteiger partial charge in [0.25, 0.3) is 0 Å². The minimum atomic E-state index is -6.68. The van der Waals surface area contributed by atoms with Crippen molar-refractivity contribution < 1.29 is 660 Å². The molecule has 1 aliphatic carbocycles. The third-order valence-electron chi connectivity index (χ3n) is 3.45. The van der Waals surface area contributed by atoms with Crippen LogP contribution in [0, 0.1) is 0 Å². The summed E-state index contributed by atoms with van der Waals surface area (Å²) in [4.78, 5) is 133. The van der Waals surface area contributed by atoms with Gasteiger partial charge in [0, 0.05) is 0 Å². The minimum absolute atomic E-state index is 0. The van der Waals surface area contributed by atoms with Crippen LogP contribution in [0.5, 0.6) is 0 Å². The van der Waals surface area contributed by atoms with E-state index in [9.17, 15) is 86.1 Å². The molecule has 496 valence electrons. The summed E-state index contributed by atoms with van der Waals surface area (Å²) in [6.07, 6.45) is -21.5. The van der Waals surface area contributed by atoms with Gasteiger partial charge in [-0.15, -0.1) is 0 Å². The van der Waals surface area contributed by atoms with E-state index in [2.05, 4.69) is 27.1 Å². The van der Waals surface area contributed by atoms with Gasteiger partial charge in [-0.05, 0) is 0 Å².